The second kappa shape index (κ2) is 6.36. The highest BCUT2D eigenvalue weighted by Gasteiger charge is 2.39. The van der Waals surface area contributed by atoms with Gasteiger partial charge in [-0.25, -0.2) is 8.42 Å². The smallest absolute Gasteiger partial charge is 0.258 e. The van der Waals surface area contributed by atoms with Gasteiger partial charge in [0.15, 0.2) is 16.4 Å². The molecule has 2 rings (SSSR count). The first kappa shape index (κ1) is 16.3. The van der Waals surface area contributed by atoms with Gasteiger partial charge in [0.05, 0.1) is 29.5 Å². The lowest BCUT2D eigenvalue weighted by Crippen LogP contribution is -2.48. The van der Waals surface area contributed by atoms with Gasteiger partial charge in [-0.05, 0) is 31.0 Å². The third kappa shape index (κ3) is 4.46. The monoisotopic (exact) mass is 322 g/mol. The van der Waals surface area contributed by atoms with Crippen molar-refractivity contribution in [2.45, 2.75) is 25.3 Å². The molecule has 0 aromatic heterocycles. The van der Waals surface area contributed by atoms with Gasteiger partial charge in [0.1, 0.15) is 5.75 Å². The quantitative estimate of drug-likeness (QED) is 0.866. The van der Waals surface area contributed by atoms with Crippen molar-refractivity contribution in [1.82, 2.24) is 5.32 Å². The van der Waals surface area contributed by atoms with Crippen LogP contribution in [0.25, 0.3) is 0 Å². The summed E-state index contributed by atoms with van der Waals surface area (Å²) in [5.41, 5.74) is 0.165. The maximum atomic E-state index is 11.9. The number of amides is 1. The predicted octanol–water partition coefficient (Wildman–Crippen LogP) is 0.825. The van der Waals surface area contributed by atoms with Gasteiger partial charge >= 0.3 is 0 Å². The van der Waals surface area contributed by atoms with E-state index >= 15 is 0 Å². The van der Waals surface area contributed by atoms with Crippen LogP contribution in [0, 0.1) is 11.3 Å². The number of hydrogen-bond donors (Lipinski definition) is 1. The fraction of sp³-hybridized carbons (Fsp3) is 0.467. The fourth-order valence-electron chi connectivity index (χ4n) is 2.43. The first-order valence-corrected chi connectivity index (χ1v) is 8.74. The van der Waals surface area contributed by atoms with Crippen molar-refractivity contribution in [1.29, 1.82) is 5.26 Å². The average molecular weight is 322 g/mol. The van der Waals surface area contributed by atoms with E-state index in [0.717, 1.165) is 5.56 Å². The SMILES string of the molecule is CC1(NC(=O)COc2ccc(CC#N)cc2)CCS(=O)(=O)C1. The minimum atomic E-state index is -3.06. The van der Waals surface area contributed by atoms with Crippen LogP contribution < -0.4 is 10.1 Å². The van der Waals surface area contributed by atoms with E-state index in [1.54, 1.807) is 31.2 Å². The van der Waals surface area contributed by atoms with Gasteiger partial charge in [-0.2, -0.15) is 5.26 Å². The first-order valence-electron chi connectivity index (χ1n) is 6.92. The summed E-state index contributed by atoms with van der Waals surface area (Å²) >= 11 is 0. The number of carbonyl (C=O) groups excluding carboxylic acids is 1. The Bertz CT molecular complexity index is 691. The second-order valence-corrected chi connectivity index (χ2v) is 7.90. The van der Waals surface area contributed by atoms with Crippen molar-refractivity contribution in [3.8, 4) is 11.8 Å². The maximum absolute atomic E-state index is 11.9. The second-order valence-electron chi connectivity index (χ2n) is 5.72. The molecule has 1 amide bonds. The highest BCUT2D eigenvalue weighted by atomic mass is 32.2. The van der Waals surface area contributed by atoms with Crippen molar-refractivity contribution < 1.29 is 17.9 Å². The van der Waals surface area contributed by atoms with Crippen LogP contribution in [-0.2, 0) is 21.1 Å². The Morgan fingerprint density at radius 3 is 2.64 bits per heavy atom. The summed E-state index contributed by atoms with van der Waals surface area (Å²) in [5.74, 6) is 0.251. The van der Waals surface area contributed by atoms with Crippen molar-refractivity contribution in [3.63, 3.8) is 0 Å². The Labute approximate surface area is 130 Å². The Morgan fingerprint density at radius 1 is 1.41 bits per heavy atom. The van der Waals surface area contributed by atoms with Crippen LogP contribution >= 0.6 is 0 Å². The van der Waals surface area contributed by atoms with E-state index in [1.807, 2.05) is 0 Å². The van der Waals surface area contributed by atoms with E-state index < -0.39 is 15.4 Å². The number of sulfone groups is 1. The van der Waals surface area contributed by atoms with Gasteiger partial charge in [-0.15, -0.1) is 0 Å². The minimum absolute atomic E-state index is 0.0331. The summed E-state index contributed by atoms with van der Waals surface area (Å²) in [5, 5.41) is 11.3. The lowest BCUT2D eigenvalue weighted by Gasteiger charge is -2.23. The fourth-order valence-corrected chi connectivity index (χ4v) is 4.52. The average Bonchev–Trinajstić information content (AvgIpc) is 2.72. The van der Waals surface area contributed by atoms with Gasteiger partial charge in [0.2, 0.25) is 0 Å². The summed E-state index contributed by atoms with van der Waals surface area (Å²) in [7, 11) is -3.06. The minimum Gasteiger partial charge on any atom is -0.484 e. The number of nitriles is 1. The molecule has 0 bridgehead atoms. The summed E-state index contributed by atoms with van der Waals surface area (Å²) in [6.45, 7) is 1.55. The number of ether oxygens (including phenoxy) is 1. The third-order valence-corrected chi connectivity index (χ3v) is 5.42. The van der Waals surface area contributed by atoms with Crippen molar-refractivity contribution in [2.24, 2.45) is 0 Å². The molecule has 1 saturated heterocycles. The van der Waals surface area contributed by atoms with Crippen molar-refractivity contribution in [2.75, 3.05) is 18.1 Å². The molecule has 118 valence electrons. The molecule has 1 aliphatic rings. The Kier molecular flexibility index (Phi) is 4.71. The topological polar surface area (TPSA) is 96.3 Å². The molecule has 0 spiro atoms. The molecule has 1 unspecified atom stereocenters. The van der Waals surface area contributed by atoms with Crippen LogP contribution in [0.4, 0.5) is 0 Å². The van der Waals surface area contributed by atoms with E-state index in [-0.39, 0.29) is 24.0 Å². The van der Waals surface area contributed by atoms with E-state index in [2.05, 4.69) is 11.4 Å². The molecule has 0 radical (unpaired) electrons. The molecule has 0 saturated carbocycles. The molecule has 1 aliphatic heterocycles. The molecule has 7 heteroatoms. The van der Waals surface area contributed by atoms with Crippen LogP contribution in [0.3, 0.4) is 0 Å². The zero-order valence-corrected chi connectivity index (χ0v) is 13.1. The van der Waals surface area contributed by atoms with Crippen LogP contribution in [-0.4, -0.2) is 38.0 Å². The molecule has 1 aromatic carbocycles. The lowest BCUT2D eigenvalue weighted by atomic mass is 10.0. The van der Waals surface area contributed by atoms with E-state index in [4.69, 9.17) is 10.00 Å². The zero-order valence-electron chi connectivity index (χ0n) is 12.3. The van der Waals surface area contributed by atoms with Crippen LogP contribution in [0.2, 0.25) is 0 Å². The maximum Gasteiger partial charge on any atom is 0.258 e. The highest BCUT2D eigenvalue weighted by Crippen LogP contribution is 2.22. The molecular formula is C15H18N2O4S. The van der Waals surface area contributed by atoms with E-state index in [9.17, 15) is 13.2 Å². The number of nitrogens with zero attached hydrogens (tertiary/aromatic N) is 1. The number of rotatable bonds is 5. The molecule has 0 aliphatic carbocycles. The molecular weight excluding hydrogens is 304 g/mol. The van der Waals surface area contributed by atoms with Crippen molar-refractivity contribution >= 4 is 15.7 Å². The first-order chi connectivity index (χ1) is 10.3. The highest BCUT2D eigenvalue weighted by molar-refractivity contribution is 7.91. The standard InChI is InChI=1S/C15H18N2O4S/c1-15(7-9-22(19,20)11-15)17-14(18)10-21-13-4-2-12(3-5-13)6-8-16/h2-5H,6-7,9-11H2,1H3,(H,17,18). The molecule has 6 nitrogen and oxygen atoms in total. The molecule has 1 N–H and O–H groups in total. The largest absolute Gasteiger partial charge is 0.484 e. The molecule has 1 atom stereocenters. The summed E-state index contributed by atoms with van der Waals surface area (Å²) in [6, 6.07) is 8.97. The van der Waals surface area contributed by atoms with Gasteiger partial charge < -0.3 is 10.1 Å². The van der Waals surface area contributed by atoms with Crippen LogP contribution in [0.1, 0.15) is 18.9 Å². The van der Waals surface area contributed by atoms with Crippen LogP contribution in [0.15, 0.2) is 24.3 Å². The third-order valence-electron chi connectivity index (χ3n) is 3.52. The summed E-state index contributed by atoms with van der Waals surface area (Å²) in [4.78, 5) is 11.9. The molecule has 22 heavy (non-hydrogen) atoms. The number of benzene rings is 1. The Balaban J connectivity index is 1.84. The zero-order chi connectivity index (χ0) is 16.2. The number of carbonyl (C=O) groups is 1. The molecule has 1 heterocycles. The van der Waals surface area contributed by atoms with Crippen LogP contribution in [0.5, 0.6) is 5.75 Å². The van der Waals surface area contributed by atoms with E-state index in [0.29, 0.717) is 18.6 Å². The Morgan fingerprint density at radius 2 is 2.09 bits per heavy atom. The lowest BCUT2D eigenvalue weighted by molar-refractivity contribution is -0.124. The molecule has 1 aromatic rings. The summed E-state index contributed by atoms with van der Waals surface area (Å²) in [6.07, 6.45) is 0.748. The summed E-state index contributed by atoms with van der Waals surface area (Å²) < 4.78 is 28.3. The van der Waals surface area contributed by atoms with Gasteiger partial charge in [0.25, 0.3) is 5.91 Å². The molecule has 1 fully saturated rings. The number of nitrogens with one attached hydrogen (secondary N) is 1. The van der Waals surface area contributed by atoms with Crippen molar-refractivity contribution in [3.05, 3.63) is 29.8 Å². The van der Waals surface area contributed by atoms with Gasteiger partial charge in [0, 0.05) is 0 Å². The predicted molar refractivity (Wildman–Crippen MR) is 81.1 cm³/mol. The number of hydrogen-bond acceptors (Lipinski definition) is 5. The van der Waals surface area contributed by atoms with Gasteiger partial charge in [-0.1, -0.05) is 12.1 Å². The van der Waals surface area contributed by atoms with E-state index in [1.165, 1.54) is 0 Å². The van der Waals surface area contributed by atoms with Gasteiger partial charge in [-0.3, -0.25) is 4.79 Å². The Hall–Kier alpha value is -2.07. The normalized spacial score (nSPS) is 22.7.